The Kier molecular flexibility index (Phi) is 21.5. The van der Waals surface area contributed by atoms with Crippen LogP contribution in [0, 0.1) is 5.92 Å². The van der Waals surface area contributed by atoms with Crippen LogP contribution in [0.4, 0.5) is 0 Å². The molecule has 188 valence electrons. The molecule has 0 bridgehead atoms. The predicted octanol–water partition coefficient (Wildman–Crippen LogP) is 6.71. The Bertz CT molecular complexity index is 481. The minimum Gasteiger partial charge on any atom is -0.481 e. The number of carboxylic acids is 2. The van der Waals surface area contributed by atoms with Crippen LogP contribution in [0.3, 0.4) is 0 Å². The molecule has 1 atom stereocenters. The van der Waals surface area contributed by atoms with Gasteiger partial charge in [0.1, 0.15) is 0 Å². The van der Waals surface area contributed by atoms with Crippen molar-refractivity contribution in [2.45, 2.75) is 135 Å². The molecule has 0 aliphatic heterocycles. The van der Waals surface area contributed by atoms with Crippen molar-refractivity contribution in [2.75, 3.05) is 6.54 Å². The monoisotopic (exact) mass is 455 g/mol. The van der Waals surface area contributed by atoms with Gasteiger partial charge in [-0.05, 0) is 25.7 Å². The Labute approximate surface area is 195 Å². The van der Waals surface area contributed by atoms with E-state index in [2.05, 4.69) is 12.2 Å². The van der Waals surface area contributed by atoms with Crippen molar-refractivity contribution in [1.82, 2.24) is 5.32 Å². The largest absolute Gasteiger partial charge is 0.481 e. The van der Waals surface area contributed by atoms with Crippen LogP contribution in [0.25, 0.3) is 0 Å². The Morgan fingerprint density at radius 3 is 1.53 bits per heavy atom. The van der Waals surface area contributed by atoms with Crippen LogP contribution in [-0.2, 0) is 14.4 Å². The van der Waals surface area contributed by atoms with Gasteiger partial charge in [-0.15, -0.1) is 0 Å². The molecule has 6 heteroatoms. The molecule has 0 fully saturated rings. The maximum atomic E-state index is 11.8. The molecule has 0 spiro atoms. The molecule has 1 amide bonds. The summed E-state index contributed by atoms with van der Waals surface area (Å²) in [5.41, 5.74) is 0. The topological polar surface area (TPSA) is 104 Å². The van der Waals surface area contributed by atoms with E-state index < -0.39 is 17.9 Å². The minimum atomic E-state index is -0.772. The number of carbonyl (C=O) groups excluding carboxylic acids is 1. The number of unbranched alkanes of at least 4 members (excludes halogenated alkanes) is 14. The summed E-state index contributed by atoms with van der Waals surface area (Å²) in [6.07, 6.45) is 20.0. The average molecular weight is 456 g/mol. The summed E-state index contributed by atoms with van der Waals surface area (Å²) >= 11 is 0. The van der Waals surface area contributed by atoms with Gasteiger partial charge in [-0.25, -0.2) is 0 Å². The molecule has 0 aliphatic carbocycles. The number of amides is 1. The molecular formula is C26H49NO5. The highest BCUT2D eigenvalue weighted by Gasteiger charge is 2.18. The quantitative estimate of drug-likeness (QED) is 0.140. The Morgan fingerprint density at radius 2 is 1.09 bits per heavy atom. The molecule has 0 aromatic heterocycles. The number of carbonyl (C=O) groups is 3. The average Bonchev–Trinajstić information content (AvgIpc) is 2.75. The van der Waals surface area contributed by atoms with Gasteiger partial charge in [0, 0.05) is 19.4 Å². The highest BCUT2D eigenvalue weighted by atomic mass is 16.4. The molecule has 32 heavy (non-hydrogen) atoms. The van der Waals surface area contributed by atoms with E-state index in [4.69, 9.17) is 5.11 Å². The van der Waals surface area contributed by atoms with E-state index in [9.17, 15) is 19.5 Å². The molecule has 0 aliphatic rings. The highest BCUT2D eigenvalue weighted by molar-refractivity contribution is 5.77. The maximum Gasteiger partial charge on any atom is 0.306 e. The van der Waals surface area contributed by atoms with Crippen molar-refractivity contribution in [2.24, 2.45) is 5.92 Å². The number of carboxylic acid groups (broad SMARTS) is 2. The zero-order chi connectivity index (χ0) is 23.9. The molecule has 1 unspecified atom stereocenters. The fourth-order valence-electron chi connectivity index (χ4n) is 3.98. The summed E-state index contributed by atoms with van der Waals surface area (Å²) in [5, 5.41) is 20.8. The van der Waals surface area contributed by atoms with Crippen molar-refractivity contribution >= 4 is 17.8 Å². The fraction of sp³-hybridized carbons (Fsp3) is 0.885. The third-order valence-electron chi connectivity index (χ3n) is 6.11. The van der Waals surface area contributed by atoms with Crippen LogP contribution >= 0.6 is 0 Å². The number of hydrogen-bond donors (Lipinski definition) is 3. The highest BCUT2D eigenvalue weighted by Crippen LogP contribution is 2.18. The fourth-order valence-corrected chi connectivity index (χ4v) is 3.98. The van der Waals surface area contributed by atoms with Crippen LogP contribution in [0.15, 0.2) is 0 Å². The molecule has 0 rings (SSSR count). The number of hydrogen-bond acceptors (Lipinski definition) is 3. The van der Waals surface area contributed by atoms with Gasteiger partial charge >= 0.3 is 11.9 Å². The summed E-state index contributed by atoms with van der Waals surface area (Å²) in [5.74, 6) is -1.88. The van der Waals surface area contributed by atoms with Crippen molar-refractivity contribution in [3.63, 3.8) is 0 Å². The van der Waals surface area contributed by atoms with E-state index in [1.807, 2.05) is 0 Å². The second kappa shape index (κ2) is 22.6. The molecule has 3 N–H and O–H groups in total. The summed E-state index contributed by atoms with van der Waals surface area (Å²) in [6, 6.07) is 0. The van der Waals surface area contributed by atoms with Gasteiger partial charge in [0.25, 0.3) is 0 Å². The summed E-state index contributed by atoms with van der Waals surface area (Å²) < 4.78 is 0. The lowest BCUT2D eigenvalue weighted by molar-refractivity contribution is -0.142. The number of nitrogens with one attached hydrogen (secondary N) is 1. The standard InChI is InChI=1S/C26H49NO5/c1-2-3-22-27-24(28)21-20-23(26(31)32)18-16-14-12-10-8-6-4-5-7-9-11-13-15-17-19-25(29)30/h23H,2-22H2,1H3,(H,27,28)(H,29,30)(H,31,32). The molecule has 0 saturated heterocycles. The zero-order valence-electron chi connectivity index (χ0n) is 20.5. The Balaban J connectivity index is 3.46. The molecule has 0 aromatic carbocycles. The second-order valence-corrected chi connectivity index (χ2v) is 9.16. The number of rotatable bonds is 24. The van der Waals surface area contributed by atoms with Crippen molar-refractivity contribution < 1.29 is 24.6 Å². The van der Waals surface area contributed by atoms with Crippen molar-refractivity contribution in [3.8, 4) is 0 Å². The molecule has 0 radical (unpaired) electrons. The maximum absolute atomic E-state index is 11.8. The zero-order valence-corrected chi connectivity index (χ0v) is 20.5. The first kappa shape index (κ1) is 30.4. The van der Waals surface area contributed by atoms with Crippen LogP contribution in [-0.4, -0.2) is 34.6 Å². The molecule has 0 heterocycles. The van der Waals surface area contributed by atoms with E-state index in [-0.39, 0.29) is 5.91 Å². The van der Waals surface area contributed by atoms with Crippen molar-refractivity contribution in [3.05, 3.63) is 0 Å². The second-order valence-electron chi connectivity index (χ2n) is 9.16. The SMILES string of the molecule is CCCCNC(=O)CCC(CCCCCCCCCCCCCCCCC(=O)O)C(=O)O. The van der Waals surface area contributed by atoms with Crippen LogP contribution in [0.5, 0.6) is 0 Å². The lowest BCUT2D eigenvalue weighted by Gasteiger charge is -2.12. The smallest absolute Gasteiger partial charge is 0.306 e. The first-order chi connectivity index (χ1) is 15.5. The van der Waals surface area contributed by atoms with E-state index in [1.54, 1.807) is 0 Å². The normalized spacial score (nSPS) is 11.9. The van der Waals surface area contributed by atoms with Crippen LogP contribution < -0.4 is 5.32 Å². The Hall–Kier alpha value is -1.59. The molecule has 0 saturated carbocycles. The first-order valence-corrected chi connectivity index (χ1v) is 13.2. The van der Waals surface area contributed by atoms with Gasteiger partial charge in [-0.2, -0.15) is 0 Å². The lowest BCUT2D eigenvalue weighted by atomic mass is 9.95. The summed E-state index contributed by atoms with van der Waals surface area (Å²) in [6.45, 7) is 2.76. The Morgan fingerprint density at radius 1 is 0.625 bits per heavy atom. The van der Waals surface area contributed by atoms with E-state index in [0.29, 0.717) is 32.2 Å². The lowest BCUT2D eigenvalue weighted by Crippen LogP contribution is -2.25. The predicted molar refractivity (Wildman–Crippen MR) is 130 cm³/mol. The molecular weight excluding hydrogens is 406 g/mol. The first-order valence-electron chi connectivity index (χ1n) is 13.2. The van der Waals surface area contributed by atoms with Gasteiger partial charge in [-0.1, -0.05) is 96.8 Å². The van der Waals surface area contributed by atoms with Crippen LogP contribution in [0.2, 0.25) is 0 Å². The summed E-state index contributed by atoms with van der Waals surface area (Å²) in [4.78, 5) is 33.6. The van der Waals surface area contributed by atoms with E-state index in [1.165, 1.54) is 57.8 Å². The third-order valence-corrected chi connectivity index (χ3v) is 6.11. The number of aliphatic carboxylic acids is 2. The van der Waals surface area contributed by atoms with Gasteiger partial charge in [0.15, 0.2) is 0 Å². The van der Waals surface area contributed by atoms with Crippen molar-refractivity contribution in [1.29, 1.82) is 0 Å². The molecule has 0 aromatic rings. The van der Waals surface area contributed by atoms with E-state index >= 15 is 0 Å². The van der Waals surface area contributed by atoms with Crippen LogP contribution in [0.1, 0.15) is 135 Å². The summed E-state index contributed by atoms with van der Waals surface area (Å²) in [7, 11) is 0. The van der Waals surface area contributed by atoms with Gasteiger partial charge in [0.2, 0.25) is 5.91 Å². The third kappa shape index (κ3) is 21.6. The van der Waals surface area contributed by atoms with E-state index in [0.717, 1.165) is 44.9 Å². The molecule has 6 nitrogen and oxygen atoms in total. The van der Waals surface area contributed by atoms with Gasteiger partial charge in [-0.3, -0.25) is 14.4 Å². The van der Waals surface area contributed by atoms with Gasteiger partial charge in [0.05, 0.1) is 5.92 Å². The minimum absolute atomic E-state index is 0.0274. The van der Waals surface area contributed by atoms with Gasteiger partial charge < -0.3 is 15.5 Å².